The normalized spacial score (nSPS) is 11.1. The Kier molecular flexibility index (Phi) is 13.7. The van der Waals surface area contributed by atoms with Crippen molar-refractivity contribution < 1.29 is 14.7 Å². The molecule has 0 bridgehead atoms. The van der Waals surface area contributed by atoms with Crippen molar-refractivity contribution in [1.82, 2.24) is 26.6 Å². The van der Waals surface area contributed by atoms with Gasteiger partial charge in [0.1, 0.15) is 0 Å². The van der Waals surface area contributed by atoms with Gasteiger partial charge in [-0.2, -0.15) is 5.26 Å². The van der Waals surface area contributed by atoms with Gasteiger partial charge >= 0.3 is 5.97 Å². The van der Waals surface area contributed by atoms with Crippen molar-refractivity contribution in [3.63, 3.8) is 0 Å². The lowest BCUT2D eigenvalue weighted by Crippen LogP contribution is -2.40. The molecule has 0 fully saturated rings. The number of aliphatic carboxylic acids is 1. The second-order valence-corrected chi connectivity index (χ2v) is 9.77. The summed E-state index contributed by atoms with van der Waals surface area (Å²) in [6.45, 7) is 10.4. The molecule has 0 heterocycles. The Bertz CT molecular complexity index is 662. The Balaban J connectivity index is 3.81. The summed E-state index contributed by atoms with van der Waals surface area (Å²) < 4.78 is 0. The molecule has 9 nitrogen and oxygen atoms in total. The van der Waals surface area contributed by atoms with Crippen LogP contribution in [0.15, 0.2) is 0 Å². The minimum Gasteiger partial charge on any atom is -0.481 e. The molecule has 0 unspecified atom stereocenters. The average molecular weight is 473 g/mol. The molecule has 0 aromatic heterocycles. The molecular formula is C20H36N6O3S2. The predicted octanol–water partition coefficient (Wildman–Crippen LogP) is 1.60. The van der Waals surface area contributed by atoms with Crippen molar-refractivity contribution in [2.45, 2.75) is 59.8 Å². The monoisotopic (exact) mass is 472 g/mol. The number of hydrogen-bond acceptors (Lipinski definition) is 5. The van der Waals surface area contributed by atoms with Gasteiger partial charge in [-0.1, -0.05) is 27.7 Å². The van der Waals surface area contributed by atoms with Crippen LogP contribution >= 0.6 is 24.4 Å². The van der Waals surface area contributed by atoms with E-state index >= 15 is 0 Å². The van der Waals surface area contributed by atoms with E-state index in [1.165, 1.54) is 0 Å². The van der Waals surface area contributed by atoms with Crippen LogP contribution in [0.4, 0.5) is 0 Å². The number of nitriles is 1. The van der Waals surface area contributed by atoms with Crippen molar-refractivity contribution in [1.29, 1.82) is 5.26 Å². The molecule has 0 saturated heterocycles. The smallest absolute Gasteiger partial charge is 0.303 e. The summed E-state index contributed by atoms with van der Waals surface area (Å²) in [5, 5.41) is 33.1. The zero-order valence-corrected chi connectivity index (χ0v) is 20.5. The molecule has 0 saturated carbocycles. The molecule has 0 atom stereocenters. The maximum atomic E-state index is 11.5. The lowest BCUT2D eigenvalue weighted by molar-refractivity contribution is -0.139. The molecule has 11 heteroatoms. The fourth-order valence-corrected chi connectivity index (χ4v) is 3.18. The minimum atomic E-state index is -0.794. The molecule has 0 radical (unpaired) electrons. The SMILES string of the molecule is CC(C)(CCNC(=S)NCCCNC(=S)NCCC(C)(C)CC(=O)NC#N)CC(=O)O. The number of rotatable bonds is 14. The van der Waals surface area contributed by atoms with Gasteiger partial charge in [-0.15, -0.1) is 0 Å². The summed E-state index contributed by atoms with van der Waals surface area (Å²) in [7, 11) is 0. The number of carbonyl (C=O) groups excluding carboxylic acids is 1. The molecular weight excluding hydrogens is 436 g/mol. The molecule has 1 amide bonds. The van der Waals surface area contributed by atoms with Gasteiger partial charge in [0.2, 0.25) is 5.91 Å². The molecule has 0 rings (SSSR count). The van der Waals surface area contributed by atoms with Gasteiger partial charge in [-0.05, 0) is 54.5 Å². The lowest BCUT2D eigenvalue weighted by atomic mass is 9.85. The molecule has 0 aromatic rings. The van der Waals surface area contributed by atoms with Gasteiger partial charge < -0.3 is 26.4 Å². The predicted molar refractivity (Wildman–Crippen MR) is 129 cm³/mol. The maximum absolute atomic E-state index is 11.5. The quantitative estimate of drug-likeness (QED) is 0.0956. The molecule has 0 spiro atoms. The first-order valence-electron chi connectivity index (χ1n) is 10.3. The topological polar surface area (TPSA) is 138 Å². The number of nitrogens with one attached hydrogen (secondary N) is 5. The summed E-state index contributed by atoms with van der Waals surface area (Å²) in [4.78, 5) is 22.3. The first-order valence-corrected chi connectivity index (χ1v) is 11.1. The number of hydrogen-bond donors (Lipinski definition) is 6. The molecule has 0 aliphatic carbocycles. The number of thiocarbonyl (C=S) groups is 2. The van der Waals surface area contributed by atoms with E-state index < -0.39 is 5.97 Å². The highest BCUT2D eigenvalue weighted by Gasteiger charge is 2.22. The molecule has 0 aliphatic rings. The van der Waals surface area contributed by atoms with Crippen LogP contribution in [0.25, 0.3) is 0 Å². The third-order valence-corrected chi connectivity index (χ3v) is 5.14. The number of amides is 1. The average Bonchev–Trinajstić information content (AvgIpc) is 2.59. The van der Waals surface area contributed by atoms with Crippen molar-refractivity contribution in [3.05, 3.63) is 0 Å². The summed E-state index contributed by atoms with van der Waals surface area (Å²) in [5.74, 6) is -1.07. The Labute approximate surface area is 196 Å². The summed E-state index contributed by atoms with van der Waals surface area (Å²) >= 11 is 10.5. The van der Waals surface area contributed by atoms with E-state index in [2.05, 4.69) is 26.6 Å². The number of carbonyl (C=O) groups is 2. The third-order valence-electron chi connectivity index (χ3n) is 4.56. The van der Waals surface area contributed by atoms with Crippen LogP contribution in [-0.4, -0.2) is 53.4 Å². The van der Waals surface area contributed by atoms with E-state index in [9.17, 15) is 9.59 Å². The van der Waals surface area contributed by atoms with E-state index in [4.69, 9.17) is 34.8 Å². The standard InChI is InChI=1S/C20H36N6O3S2/c1-19(2,12-15(27)26-14-21)6-10-24-17(30)22-8-5-9-23-18(31)25-11-7-20(3,4)13-16(28)29/h5-13H2,1-4H3,(H,26,27)(H,28,29)(H2,22,24,30)(H2,23,25,31). The van der Waals surface area contributed by atoms with Crippen LogP contribution < -0.4 is 26.6 Å². The highest BCUT2D eigenvalue weighted by molar-refractivity contribution is 7.80. The minimum absolute atomic E-state index is 0.127. The fraction of sp³-hybridized carbons (Fsp3) is 0.750. The van der Waals surface area contributed by atoms with Gasteiger partial charge in [0.05, 0.1) is 6.42 Å². The van der Waals surface area contributed by atoms with Crippen molar-refractivity contribution in [2.75, 3.05) is 26.2 Å². The molecule has 6 N–H and O–H groups in total. The zero-order chi connectivity index (χ0) is 23.9. The Morgan fingerprint density at radius 1 is 0.839 bits per heavy atom. The van der Waals surface area contributed by atoms with Crippen molar-refractivity contribution in [2.24, 2.45) is 10.8 Å². The van der Waals surface area contributed by atoms with Gasteiger partial charge in [-0.3, -0.25) is 14.9 Å². The van der Waals surface area contributed by atoms with Crippen LogP contribution in [-0.2, 0) is 9.59 Å². The van der Waals surface area contributed by atoms with E-state index in [1.807, 2.05) is 27.7 Å². The highest BCUT2D eigenvalue weighted by Crippen LogP contribution is 2.24. The molecule has 176 valence electrons. The maximum Gasteiger partial charge on any atom is 0.303 e. The summed E-state index contributed by atoms with van der Waals surface area (Å²) in [5.41, 5.74) is -0.516. The summed E-state index contributed by atoms with van der Waals surface area (Å²) in [6, 6.07) is 0. The van der Waals surface area contributed by atoms with E-state index in [1.54, 1.807) is 6.19 Å². The Morgan fingerprint density at radius 2 is 1.26 bits per heavy atom. The molecule has 0 aromatic carbocycles. The van der Waals surface area contributed by atoms with Crippen molar-refractivity contribution >= 4 is 46.5 Å². The number of nitrogens with zero attached hydrogens (tertiary/aromatic N) is 1. The van der Waals surface area contributed by atoms with Crippen LogP contribution in [0.5, 0.6) is 0 Å². The summed E-state index contributed by atoms with van der Waals surface area (Å²) in [6.07, 6.45) is 4.31. The third kappa shape index (κ3) is 17.2. The van der Waals surface area contributed by atoms with E-state index in [0.29, 0.717) is 42.8 Å². The van der Waals surface area contributed by atoms with Gasteiger partial charge in [0.25, 0.3) is 0 Å². The fourth-order valence-electron chi connectivity index (χ4n) is 2.77. The molecule has 0 aliphatic heterocycles. The van der Waals surface area contributed by atoms with Crippen molar-refractivity contribution in [3.8, 4) is 6.19 Å². The first-order chi connectivity index (χ1) is 14.4. The van der Waals surface area contributed by atoms with Crippen LogP contribution in [0, 0.1) is 22.3 Å². The van der Waals surface area contributed by atoms with Crippen LogP contribution in [0.2, 0.25) is 0 Å². The van der Waals surface area contributed by atoms with Gasteiger partial charge in [0, 0.05) is 32.6 Å². The largest absolute Gasteiger partial charge is 0.481 e. The first kappa shape index (κ1) is 28.8. The van der Waals surface area contributed by atoms with Crippen LogP contribution in [0.3, 0.4) is 0 Å². The second-order valence-electron chi connectivity index (χ2n) is 8.95. The highest BCUT2D eigenvalue weighted by atomic mass is 32.1. The van der Waals surface area contributed by atoms with E-state index in [0.717, 1.165) is 12.8 Å². The van der Waals surface area contributed by atoms with Gasteiger partial charge in [0.15, 0.2) is 16.4 Å². The second kappa shape index (κ2) is 14.8. The Morgan fingerprint density at radius 3 is 1.68 bits per heavy atom. The lowest BCUT2D eigenvalue weighted by Gasteiger charge is -2.23. The number of carboxylic acid groups (broad SMARTS) is 1. The number of carboxylic acids is 1. The van der Waals surface area contributed by atoms with E-state index in [-0.39, 0.29) is 29.6 Å². The zero-order valence-electron chi connectivity index (χ0n) is 18.9. The Hall–Kier alpha value is -2.19. The van der Waals surface area contributed by atoms with Crippen LogP contribution in [0.1, 0.15) is 59.8 Å². The molecule has 31 heavy (non-hydrogen) atoms. The van der Waals surface area contributed by atoms with Gasteiger partial charge in [-0.25, -0.2) is 0 Å².